The number of nitrogens with one attached hydrogen (secondary N) is 4. The lowest BCUT2D eigenvalue weighted by Gasteiger charge is -2.41. The third kappa shape index (κ3) is 16.5. The topological polar surface area (TPSA) is 213 Å². The molecule has 0 aliphatic carbocycles. The van der Waals surface area contributed by atoms with Crippen molar-refractivity contribution in [1.82, 2.24) is 30.1 Å². The molecule has 3 rings (SSSR count). The Balaban J connectivity index is 1.81. The zero-order valence-electron chi connectivity index (χ0n) is 42.5. The first-order valence-corrected chi connectivity index (χ1v) is 25.3. The van der Waals surface area contributed by atoms with Crippen LogP contribution in [0.4, 0.5) is 18.9 Å². The Morgan fingerprint density at radius 3 is 1.94 bits per heavy atom. The highest BCUT2D eigenvalue weighted by atomic mass is 32.2. The zero-order valence-corrected chi connectivity index (χ0v) is 43.3. The number of rotatable bonds is 25. The molecule has 1 fully saturated rings. The lowest BCUT2D eigenvalue weighted by molar-refractivity contribution is -0.167. The summed E-state index contributed by atoms with van der Waals surface area (Å²) in [6, 6.07) is 9.25. The fourth-order valence-electron chi connectivity index (χ4n) is 9.14. The number of methoxy groups -OCH3 is 2. The van der Waals surface area contributed by atoms with Crippen LogP contribution in [-0.4, -0.2) is 149 Å². The SMILES string of the molecule is CC[C@H](C)[C@@H]([C@H](CC(=O)N1CCC[C@H]1[C@H](OC)[C@@H](C)C(=O)N[C@@H](Cc1ccccc1)C(=O)NS(=O)(=O)Cc1ccc(NC(=O)C(F)(F)F)cc1)OC)N(C)C(=O)[C@@H](NC(=O)[C@H](C(C)C)N(C)C)C(C)C. The highest BCUT2D eigenvalue weighted by molar-refractivity contribution is 7.89. The number of alkyl halides is 3. The van der Waals surface area contributed by atoms with Gasteiger partial charge < -0.3 is 35.2 Å². The van der Waals surface area contributed by atoms with Gasteiger partial charge in [0, 0.05) is 39.9 Å². The van der Waals surface area contributed by atoms with E-state index >= 15 is 0 Å². The third-order valence-corrected chi connectivity index (χ3v) is 14.2. The number of nitrogens with zero attached hydrogens (tertiary/aromatic N) is 3. The maximum Gasteiger partial charge on any atom is 0.471 e. The van der Waals surface area contributed by atoms with E-state index in [4.69, 9.17) is 9.47 Å². The number of likely N-dealkylation sites (N-methyl/N-ethyl adjacent to an activating group) is 2. The fourth-order valence-corrected chi connectivity index (χ4v) is 10.3. The van der Waals surface area contributed by atoms with Crippen LogP contribution in [0.3, 0.4) is 0 Å². The molecule has 17 nitrogen and oxygen atoms in total. The second kappa shape index (κ2) is 26.4. The van der Waals surface area contributed by atoms with Crippen LogP contribution in [-0.2, 0) is 60.4 Å². The summed E-state index contributed by atoms with van der Waals surface area (Å²) in [5, 5.41) is 7.37. The first-order chi connectivity index (χ1) is 32.7. The number of carbonyl (C=O) groups excluding carboxylic acids is 6. The fraction of sp³-hybridized carbons (Fsp3) is 0.633. The van der Waals surface area contributed by atoms with Gasteiger partial charge in [-0.2, -0.15) is 13.2 Å². The minimum absolute atomic E-state index is 0.0152. The molecule has 0 spiro atoms. The second-order valence-corrected chi connectivity index (χ2v) is 20.8. The van der Waals surface area contributed by atoms with Crippen molar-refractivity contribution >= 4 is 51.2 Å². The Bertz CT molecular complexity index is 2170. The number of hydrogen-bond donors (Lipinski definition) is 4. The zero-order chi connectivity index (χ0) is 52.8. The molecule has 392 valence electrons. The number of benzene rings is 2. The van der Waals surface area contributed by atoms with E-state index in [0.29, 0.717) is 31.4 Å². The largest absolute Gasteiger partial charge is 0.471 e. The van der Waals surface area contributed by atoms with Gasteiger partial charge in [0.1, 0.15) is 12.1 Å². The molecule has 21 heteroatoms. The third-order valence-electron chi connectivity index (χ3n) is 12.9. The van der Waals surface area contributed by atoms with Crippen LogP contribution >= 0.6 is 0 Å². The van der Waals surface area contributed by atoms with Gasteiger partial charge >= 0.3 is 12.1 Å². The molecular formula is C49H74F3N7O10S. The Kier molecular flexibility index (Phi) is 22.3. The van der Waals surface area contributed by atoms with Gasteiger partial charge in [-0.1, -0.05) is 97.4 Å². The lowest BCUT2D eigenvalue weighted by Crippen LogP contribution is -2.59. The molecule has 0 saturated carbocycles. The molecule has 2 aromatic rings. The van der Waals surface area contributed by atoms with Crippen LogP contribution in [0.5, 0.6) is 0 Å². The summed E-state index contributed by atoms with van der Waals surface area (Å²) in [5.41, 5.74) is 0.469. The van der Waals surface area contributed by atoms with Crippen LogP contribution in [0, 0.1) is 23.7 Å². The summed E-state index contributed by atoms with van der Waals surface area (Å²) in [5.74, 6) is -6.89. The summed E-state index contributed by atoms with van der Waals surface area (Å²) in [7, 11) is 3.76. The van der Waals surface area contributed by atoms with Crippen molar-refractivity contribution in [2.24, 2.45) is 23.7 Å². The summed E-state index contributed by atoms with van der Waals surface area (Å²) >= 11 is 0. The van der Waals surface area contributed by atoms with Crippen molar-refractivity contribution in [3.8, 4) is 0 Å². The highest BCUT2D eigenvalue weighted by Crippen LogP contribution is 2.30. The van der Waals surface area contributed by atoms with E-state index in [1.165, 1.54) is 26.4 Å². The van der Waals surface area contributed by atoms with E-state index in [2.05, 4.69) is 10.6 Å². The standard InChI is InChI=1S/C49H74F3N7O10S/c1-13-31(6)42(58(10)47(64)40(29(2)3)55-46(63)41(30(4)5)57(8)9)38(68-11)27-39(60)59-25-17-20-37(59)43(69-12)32(7)44(61)54-36(26-33-18-15-14-16-19-33)45(62)56-70(66,67)28-34-21-23-35(24-22-34)53-48(65)49(50,51)52/h14-16,18-19,21-24,29-32,36-38,40-43H,13,17,20,25-28H2,1-12H3,(H,53,65)(H,54,61)(H,55,63)(H,56,62)/t31-,32+,36-,37-,38-,40-,41-,42-,43+/m0/s1. The average molecular weight is 1010 g/mol. The van der Waals surface area contributed by atoms with Crippen LogP contribution in [0.1, 0.15) is 85.3 Å². The summed E-state index contributed by atoms with van der Waals surface area (Å²) in [4.78, 5) is 86.5. The van der Waals surface area contributed by atoms with E-state index in [0.717, 1.165) is 12.1 Å². The molecule has 6 amide bonds. The first-order valence-electron chi connectivity index (χ1n) is 23.6. The minimum atomic E-state index is -5.13. The molecule has 1 heterocycles. The molecular weight excluding hydrogens is 936 g/mol. The predicted octanol–water partition coefficient (Wildman–Crippen LogP) is 4.51. The quantitative estimate of drug-likeness (QED) is 0.109. The van der Waals surface area contributed by atoms with Gasteiger partial charge in [0.05, 0.1) is 48.4 Å². The van der Waals surface area contributed by atoms with Gasteiger partial charge in [-0.05, 0) is 68.0 Å². The molecule has 0 bridgehead atoms. The number of sulfonamides is 1. The number of hydrogen-bond acceptors (Lipinski definition) is 11. The molecule has 1 saturated heterocycles. The van der Waals surface area contributed by atoms with Gasteiger partial charge in [0.15, 0.2) is 0 Å². The molecule has 0 radical (unpaired) electrons. The Morgan fingerprint density at radius 2 is 1.43 bits per heavy atom. The smallest absolute Gasteiger partial charge is 0.379 e. The van der Waals surface area contributed by atoms with Gasteiger partial charge in [-0.15, -0.1) is 0 Å². The van der Waals surface area contributed by atoms with Gasteiger partial charge in [0.25, 0.3) is 5.91 Å². The van der Waals surface area contributed by atoms with Gasteiger partial charge in [0.2, 0.25) is 33.7 Å². The Hall–Kier alpha value is -5.12. The predicted molar refractivity (Wildman–Crippen MR) is 259 cm³/mol. The van der Waals surface area contributed by atoms with Crippen LogP contribution in [0.15, 0.2) is 54.6 Å². The molecule has 1 aliphatic rings. The first kappa shape index (κ1) is 59.2. The molecule has 4 N–H and O–H groups in total. The van der Waals surface area contributed by atoms with Crippen molar-refractivity contribution < 1.29 is 59.8 Å². The van der Waals surface area contributed by atoms with E-state index in [9.17, 15) is 50.4 Å². The summed E-state index contributed by atoms with van der Waals surface area (Å²) in [6.45, 7) is 13.5. The average Bonchev–Trinajstić information content (AvgIpc) is 3.77. The van der Waals surface area contributed by atoms with E-state index in [1.54, 1.807) is 59.4 Å². The Labute approximate surface area is 411 Å². The maximum atomic E-state index is 14.4. The maximum absolute atomic E-state index is 14.4. The van der Waals surface area contributed by atoms with E-state index < -0.39 is 88.0 Å². The number of likely N-dealkylation sites (tertiary alicyclic amines) is 1. The Morgan fingerprint density at radius 1 is 0.814 bits per heavy atom. The second-order valence-electron chi connectivity index (χ2n) is 19.1. The summed E-state index contributed by atoms with van der Waals surface area (Å²) in [6.07, 6.45) is -5.25. The molecule has 9 atom stereocenters. The summed E-state index contributed by atoms with van der Waals surface area (Å²) < 4.78 is 78.6. The number of anilines is 1. The van der Waals surface area contributed by atoms with E-state index in [1.807, 2.05) is 65.3 Å². The lowest BCUT2D eigenvalue weighted by atomic mass is 9.89. The molecule has 70 heavy (non-hydrogen) atoms. The van der Waals surface area contributed by atoms with Crippen LogP contribution in [0.25, 0.3) is 0 Å². The van der Waals surface area contributed by atoms with Crippen molar-refractivity contribution in [3.05, 3.63) is 65.7 Å². The number of amides is 6. The van der Waals surface area contributed by atoms with Crippen LogP contribution in [0.2, 0.25) is 0 Å². The molecule has 1 aliphatic heterocycles. The molecule has 0 unspecified atom stereocenters. The van der Waals surface area contributed by atoms with Crippen LogP contribution < -0.4 is 20.7 Å². The van der Waals surface area contributed by atoms with Crippen molar-refractivity contribution in [1.29, 1.82) is 0 Å². The normalized spacial score (nSPS) is 17.7. The van der Waals surface area contributed by atoms with Gasteiger partial charge in [-0.25, -0.2) is 8.42 Å². The molecule has 0 aromatic heterocycles. The van der Waals surface area contributed by atoms with Crippen molar-refractivity contribution in [2.75, 3.05) is 47.2 Å². The monoisotopic (exact) mass is 1010 g/mol. The highest BCUT2D eigenvalue weighted by Gasteiger charge is 2.44. The van der Waals surface area contributed by atoms with Crippen molar-refractivity contribution in [3.63, 3.8) is 0 Å². The minimum Gasteiger partial charge on any atom is -0.379 e. The number of halogens is 3. The molecule has 2 aromatic carbocycles. The number of carbonyl (C=O) groups is 6. The van der Waals surface area contributed by atoms with Gasteiger partial charge in [-0.3, -0.25) is 38.4 Å². The van der Waals surface area contributed by atoms with E-state index in [-0.39, 0.29) is 59.6 Å². The van der Waals surface area contributed by atoms with Crippen molar-refractivity contribution in [2.45, 2.75) is 135 Å². The number of ether oxygens (including phenoxy) is 2.